The molecule has 1 unspecified atom stereocenters. The van der Waals surface area contributed by atoms with E-state index < -0.39 is 35.3 Å². The van der Waals surface area contributed by atoms with Crippen molar-refractivity contribution in [2.24, 2.45) is 0 Å². The molecule has 0 fully saturated rings. The number of aromatic nitrogens is 2. The van der Waals surface area contributed by atoms with Gasteiger partial charge in [0.15, 0.2) is 5.69 Å². The third-order valence-electron chi connectivity index (χ3n) is 4.06. The van der Waals surface area contributed by atoms with E-state index in [4.69, 9.17) is 28.3 Å². The van der Waals surface area contributed by atoms with Crippen LogP contribution in [0.3, 0.4) is 0 Å². The lowest BCUT2D eigenvalue weighted by molar-refractivity contribution is -0.194. The Morgan fingerprint density at radius 3 is 2.55 bits per heavy atom. The number of pyridine rings is 1. The first-order valence-electron chi connectivity index (χ1n) is 8.46. The Morgan fingerprint density at radius 2 is 1.90 bits per heavy atom. The summed E-state index contributed by atoms with van der Waals surface area (Å²) in [5.74, 6) is -1.87. The van der Waals surface area contributed by atoms with Crippen LogP contribution >= 0.6 is 23.2 Å². The van der Waals surface area contributed by atoms with Gasteiger partial charge in [-0.25, -0.2) is 4.98 Å². The maximum atomic E-state index is 12.5. The summed E-state index contributed by atoms with van der Waals surface area (Å²) >= 11 is 11.7. The predicted octanol–water partition coefficient (Wildman–Crippen LogP) is 2.93. The lowest BCUT2D eigenvalue weighted by atomic mass is 10.2. The van der Waals surface area contributed by atoms with E-state index in [9.17, 15) is 27.9 Å². The summed E-state index contributed by atoms with van der Waals surface area (Å²) in [6.07, 6.45) is -6.90. The van der Waals surface area contributed by atoms with E-state index in [1.807, 2.05) is 0 Å². The van der Waals surface area contributed by atoms with Gasteiger partial charge in [0.2, 0.25) is 12.0 Å². The third kappa shape index (κ3) is 5.01. The largest absolute Gasteiger partial charge is 0.501 e. The first kappa shape index (κ1) is 22.7. The van der Waals surface area contributed by atoms with Gasteiger partial charge in [0.05, 0.1) is 15.7 Å². The summed E-state index contributed by atoms with van der Waals surface area (Å²) in [5.41, 5.74) is -1.44. The van der Waals surface area contributed by atoms with E-state index in [1.165, 1.54) is 12.1 Å². The van der Waals surface area contributed by atoms with Crippen LogP contribution < -0.4 is 16.2 Å². The number of anilines is 1. The molecule has 0 aliphatic carbocycles. The summed E-state index contributed by atoms with van der Waals surface area (Å²) in [7, 11) is 0. The lowest BCUT2D eigenvalue weighted by Gasteiger charge is -2.17. The minimum absolute atomic E-state index is 0.00555. The Bertz CT molecular complexity index is 1220. The first-order chi connectivity index (χ1) is 14.5. The van der Waals surface area contributed by atoms with Gasteiger partial charge in [-0.05, 0) is 29.8 Å². The molecule has 8 nitrogen and oxygen atoms in total. The first-order valence-corrected chi connectivity index (χ1v) is 9.22. The van der Waals surface area contributed by atoms with Crippen molar-refractivity contribution < 1.29 is 28.2 Å². The molecule has 2 heterocycles. The van der Waals surface area contributed by atoms with Gasteiger partial charge in [-0.3, -0.25) is 14.0 Å². The summed E-state index contributed by atoms with van der Waals surface area (Å²) < 4.78 is 38.2. The van der Waals surface area contributed by atoms with E-state index in [2.05, 4.69) is 10.3 Å². The predicted molar refractivity (Wildman–Crippen MR) is 106 cm³/mol. The molecule has 0 aliphatic heterocycles. The van der Waals surface area contributed by atoms with Crippen LogP contribution in [0.25, 0.3) is 5.65 Å². The number of carbonyl (C=O) groups excluding carboxylic acids is 1. The summed E-state index contributed by atoms with van der Waals surface area (Å²) in [4.78, 5) is 28.7. The van der Waals surface area contributed by atoms with E-state index in [0.29, 0.717) is 10.6 Å². The number of carbonyl (C=O) groups is 1. The van der Waals surface area contributed by atoms with Crippen LogP contribution in [0.1, 0.15) is 16.1 Å². The highest BCUT2D eigenvalue weighted by Gasteiger charge is 2.38. The molecule has 0 spiro atoms. The van der Waals surface area contributed by atoms with Gasteiger partial charge in [-0.2, -0.15) is 13.2 Å². The normalized spacial score (nSPS) is 12.6. The maximum absolute atomic E-state index is 12.5. The van der Waals surface area contributed by atoms with Crippen LogP contribution in [-0.2, 0) is 6.54 Å². The van der Waals surface area contributed by atoms with Gasteiger partial charge in [0.1, 0.15) is 5.65 Å². The average Bonchev–Trinajstić information content (AvgIpc) is 2.71. The molecule has 3 rings (SSSR count). The molecule has 0 saturated heterocycles. The molecule has 31 heavy (non-hydrogen) atoms. The molecule has 0 bridgehead atoms. The topological polar surface area (TPSA) is 116 Å². The van der Waals surface area contributed by atoms with Gasteiger partial charge in [-0.1, -0.05) is 29.3 Å². The van der Waals surface area contributed by atoms with Crippen LogP contribution in [0, 0.1) is 0 Å². The molecule has 13 heteroatoms. The van der Waals surface area contributed by atoms with E-state index >= 15 is 0 Å². The van der Waals surface area contributed by atoms with Crippen molar-refractivity contribution in [2.75, 3.05) is 5.32 Å². The highest BCUT2D eigenvalue weighted by Crippen LogP contribution is 2.23. The number of fused-ring (bicyclic) bond motifs is 1. The number of rotatable bonds is 5. The number of benzene rings is 1. The summed E-state index contributed by atoms with van der Waals surface area (Å²) in [6, 6.07) is 6.93. The zero-order chi connectivity index (χ0) is 22.9. The van der Waals surface area contributed by atoms with Crippen molar-refractivity contribution in [3.63, 3.8) is 0 Å². The van der Waals surface area contributed by atoms with Gasteiger partial charge < -0.3 is 20.8 Å². The number of hydrogen-bond donors (Lipinski definition) is 4. The number of alkyl halides is 3. The maximum Gasteiger partial charge on any atom is 0.433 e. The molecule has 1 atom stereocenters. The Balaban J connectivity index is 1.85. The van der Waals surface area contributed by atoms with Crippen LogP contribution in [0.4, 0.5) is 18.9 Å². The molecule has 0 aliphatic rings. The van der Waals surface area contributed by atoms with Gasteiger partial charge in [-0.15, -0.1) is 0 Å². The Labute approximate surface area is 181 Å². The zero-order valence-electron chi connectivity index (χ0n) is 15.2. The number of aliphatic hydroxyl groups excluding tert-OH is 1. The average molecular weight is 477 g/mol. The smallest absolute Gasteiger partial charge is 0.433 e. The molecule has 1 aromatic carbocycles. The molecule has 0 radical (unpaired) electrons. The second-order valence-corrected chi connectivity index (χ2v) is 7.09. The number of aliphatic hydroxyl groups is 1. The minimum Gasteiger partial charge on any atom is -0.501 e. The van der Waals surface area contributed by atoms with Crippen LogP contribution in [0.5, 0.6) is 5.75 Å². The number of amides is 1. The lowest BCUT2D eigenvalue weighted by Crippen LogP contribution is -2.36. The van der Waals surface area contributed by atoms with Gasteiger partial charge in [0, 0.05) is 12.7 Å². The minimum atomic E-state index is -4.93. The van der Waals surface area contributed by atoms with Crippen LogP contribution in [-0.4, -0.2) is 37.9 Å². The number of nitrogens with zero attached hydrogens (tertiary/aromatic N) is 2. The van der Waals surface area contributed by atoms with Gasteiger partial charge >= 0.3 is 11.7 Å². The fourth-order valence-corrected chi connectivity index (χ4v) is 2.85. The van der Waals surface area contributed by atoms with Crippen LogP contribution in [0.2, 0.25) is 10.0 Å². The molecule has 1 amide bonds. The van der Waals surface area contributed by atoms with Gasteiger partial charge in [0.25, 0.3) is 5.91 Å². The standard InChI is InChI=1S/C18H13Cl2F3N4O4/c19-10-3-1-8(5-11(10)20)6-24-15(29)13-14(28)16(30)27-7-9(2-4-12(27)26-13)25-17(31)18(21,22)23/h1-5,7,17,25,28,31H,6H2,(H,24,29). The molecule has 164 valence electrons. The Morgan fingerprint density at radius 1 is 1.19 bits per heavy atom. The Kier molecular flexibility index (Phi) is 6.30. The van der Waals surface area contributed by atoms with E-state index in [1.54, 1.807) is 11.4 Å². The number of hydrogen-bond acceptors (Lipinski definition) is 6. The summed E-state index contributed by atoms with van der Waals surface area (Å²) in [6.45, 7) is -0.00555. The van der Waals surface area contributed by atoms with Crippen molar-refractivity contribution in [3.8, 4) is 5.75 Å². The van der Waals surface area contributed by atoms with Crippen molar-refractivity contribution >= 4 is 40.4 Å². The van der Waals surface area contributed by atoms with Crippen molar-refractivity contribution in [1.82, 2.24) is 14.7 Å². The highest BCUT2D eigenvalue weighted by atomic mass is 35.5. The molecular formula is C18H13Cl2F3N4O4. The number of nitrogens with one attached hydrogen (secondary N) is 2. The zero-order valence-corrected chi connectivity index (χ0v) is 16.8. The Hall–Kier alpha value is -3.02. The second kappa shape index (κ2) is 8.61. The van der Waals surface area contributed by atoms with Crippen molar-refractivity contribution in [2.45, 2.75) is 18.9 Å². The SMILES string of the molecule is O=C(NCc1ccc(Cl)c(Cl)c1)c1nc2ccc(NC(O)C(F)(F)F)cn2c(=O)c1O. The quantitative estimate of drug-likeness (QED) is 0.420. The number of aromatic hydroxyl groups is 1. The molecule has 3 aromatic rings. The molecule has 2 aromatic heterocycles. The fourth-order valence-electron chi connectivity index (χ4n) is 2.53. The molecular weight excluding hydrogens is 464 g/mol. The van der Waals surface area contributed by atoms with Crippen molar-refractivity contribution in [3.05, 3.63) is 68.2 Å². The van der Waals surface area contributed by atoms with E-state index in [0.717, 1.165) is 22.7 Å². The molecule has 0 saturated carbocycles. The summed E-state index contributed by atoms with van der Waals surface area (Å²) in [5, 5.41) is 24.0. The number of halogens is 5. The molecule has 4 N–H and O–H groups in total. The van der Waals surface area contributed by atoms with Crippen LogP contribution in [0.15, 0.2) is 41.3 Å². The van der Waals surface area contributed by atoms with Crippen molar-refractivity contribution in [1.29, 1.82) is 0 Å². The third-order valence-corrected chi connectivity index (χ3v) is 4.80. The fraction of sp³-hybridized carbons (Fsp3) is 0.167. The second-order valence-electron chi connectivity index (χ2n) is 6.28. The monoisotopic (exact) mass is 476 g/mol. The van der Waals surface area contributed by atoms with E-state index in [-0.39, 0.29) is 22.9 Å². The highest BCUT2D eigenvalue weighted by molar-refractivity contribution is 6.42.